The molecule has 0 aromatic carbocycles. The molecule has 0 saturated heterocycles. The van der Waals surface area contributed by atoms with Gasteiger partial charge in [-0.05, 0) is 39.7 Å². The van der Waals surface area contributed by atoms with Gasteiger partial charge in [0.05, 0.1) is 0 Å². The Morgan fingerprint density at radius 3 is 2.81 bits per heavy atom. The third kappa shape index (κ3) is 3.01. The molecule has 1 aliphatic carbocycles. The predicted molar refractivity (Wildman–Crippen MR) is 65.3 cm³/mol. The Hall–Kier alpha value is -0.960. The van der Waals surface area contributed by atoms with Crippen LogP contribution in [0.1, 0.15) is 49.3 Å². The first-order chi connectivity index (χ1) is 7.66. The Kier molecular flexibility index (Phi) is 3.54. The van der Waals surface area contributed by atoms with Crippen LogP contribution in [-0.4, -0.2) is 16.5 Å². The second-order valence-electron chi connectivity index (χ2n) is 4.87. The van der Waals surface area contributed by atoms with Gasteiger partial charge in [-0.25, -0.2) is 9.97 Å². The van der Waals surface area contributed by atoms with Crippen molar-refractivity contribution in [2.24, 2.45) is 5.92 Å². The van der Waals surface area contributed by atoms with E-state index in [2.05, 4.69) is 29.1 Å². The summed E-state index contributed by atoms with van der Waals surface area (Å²) in [4.78, 5) is 8.66. The van der Waals surface area contributed by atoms with Gasteiger partial charge in [0.15, 0.2) is 0 Å². The van der Waals surface area contributed by atoms with Crippen LogP contribution in [0.3, 0.4) is 0 Å². The van der Waals surface area contributed by atoms with Gasteiger partial charge in [-0.1, -0.05) is 12.8 Å². The van der Waals surface area contributed by atoms with E-state index in [1.165, 1.54) is 24.8 Å². The molecule has 1 fully saturated rings. The molecule has 3 heteroatoms. The van der Waals surface area contributed by atoms with Crippen molar-refractivity contribution in [3.05, 3.63) is 23.3 Å². The van der Waals surface area contributed by atoms with Crippen molar-refractivity contribution in [3.63, 3.8) is 0 Å². The van der Waals surface area contributed by atoms with E-state index < -0.39 is 0 Å². The summed E-state index contributed by atoms with van der Waals surface area (Å²) in [6.45, 7) is 7.29. The third-order valence-electron chi connectivity index (χ3n) is 3.30. The summed E-state index contributed by atoms with van der Waals surface area (Å²) in [6, 6.07) is 0.361. The summed E-state index contributed by atoms with van der Waals surface area (Å²) >= 11 is 0. The fourth-order valence-corrected chi connectivity index (χ4v) is 2.04. The molecule has 3 nitrogen and oxygen atoms in total. The number of nitrogens with zero attached hydrogens (tertiary/aromatic N) is 2. The highest BCUT2D eigenvalue weighted by atomic mass is 14.9. The first-order valence-corrected chi connectivity index (χ1v) is 6.20. The van der Waals surface area contributed by atoms with E-state index >= 15 is 0 Å². The molecule has 2 rings (SSSR count). The van der Waals surface area contributed by atoms with E-state index in [1.54, 1.807) is 0 Å². The monoisotopic (exact) mass is 219 g/mol. The SMILES string of the molecule is Cc1ncc(C(C)NCCC2CC2)c(C)n1. The maximum atomic E-state index is 4.40. The van der Waals surface area contributed by atoms with Crippen LogP contribution in [0.5, 0.6) is 0 Å². The smallest absolute Gasteiger partial charge is 0.125 e. The lowest BCUT2D eigenvalue weighted by Gasteiger charge is -2.15. The van der Waals surface area contributed by atoms with Gasteiger partial charge in [-0.3, -0.25) is 0 Å². The molecule has 0 amide bonds. The van der Waals surface area contributed by atoms with E-state index in [0.717, 1.165) is 24.0 Å². The second-order valence-corrected chi connectivity index (χ2v) is 4.87. The molecule has 16 heavy (non-hydrogen) atoms. The highest BCUT2D eigenvalue weighted by Crippen LogP contribution is 2.31. The molecule has 0 aliphatic heterocycles. The molecular weight excluding hydrogens is 198 g/mol. The zero-order valence-corrected chi connectivity index (χ0v) is 10.5. The average Bonchev–Trinajstić information content (AvgIpc) is 3.01. The van der Waals surface area contributed by atoms with Gasteiger partial charge < -0.3 is 5.32 Å². The van der Waals surface area contributed by atoms with E-state index in [0.29, 0.717) is 6.04 Å². The molecule has 1 saturated carbocycles. The Bertz CT molecular complexity index is 358. The average molecular weight is 219 g/mol. The summed E-state index contributed by atoms with van der Waals surface area (Å²) in [7, 11) is 0. The minimum absolute atomic E-state index is 0.361. The summed E-state index contributed by atoms with van der Waals surface area (Å²) in [5.41, 5.74) is 2.32. The summed E-state index contributed by atoms with van der Waals surface area (Å²) in [5, 5.41) is 3.55. The predicted octanol–water partition coefficient (Wildman–Crippen LogP) is 2.54. The highest BCUT2D eigenvalue weighted by molar-refractivity contribution is 5.19. The van der Waals surface area contributed by atoms with Crippen LogP contribution >= 0.6 is 0 Å². The molecule has 88 valence electrons. The zero-order valence-electron chi connectivity index (χ0n) is 10.5. The lowest BCUT2D eigenvalue weighted by molar-refractivity contribution is 0.534. The number of aryl methyl sites for hydroxylation is 2. The molecule has 1 aromatic heterocycles. The van der Waals surface area contributed by atoms with Gasteiger partial charge >= 0.3 is 0 Å². The van der Waals surface area contributed by atoms with Crippen LogP contribution in [0.4, 0.5) is 0 Å². The van der Waals surface area contributed by atoms with Crippen LogP contribution < -0.4 is 5.32 Å². The molecule has 1 unspecified atom stereocenters. The molecule has 1 aliphatic rings. The minimum atomic E-state index is 0.361. The number of aromatic nitrogens is 2. The lowest BCUT2D eigenvalue weighted by Crippen LogP contribution is -2.21. The maximum absolute atomic E-state index is 4.40. The van der Waals surface area contributed by atoms with Crippen LogP contribution in [0.15, 0.2) is 6.20 Å². The second kappa shape index (κ2) is 4.91. The van der Waals surface area contributed by atoms with Gasteiger partial charge in [-0.2, -0.15) is 0 Å². The number of rotatable bonds is 5. The summed E-state index contributed by atoms with van der Waals surface area (Å²) < 4.78 is 0. The van der Waals surface area contributed by atoms with Crippen LogP contribution in [-0.2, 0) is 0 Å². The molecule has 0 bridgehead atoms. The first-order valence-electron chi connectivity index (χ1n) is 6.20. The Morgan fingerprint density at radius 2 is 2.19 bits per heavy atom. The Balaban J connectivity index is 1.88. The molecule has 1 atom stereocenters. The number of hydrogen-bond acceptors (Lipinski definition) is 3. The van der Waals surface area contributed by atoms with Gasteiger partial charge in [-0.15, -0.1) is 0 Å². The molecule has 0 spiro atoms. The molecule has 0 radical (unpaired) electrons. The normalized spacial score (nSPS) is 17.4. The van der Waals surface area contributed by atoms with Crippen molar-refractivity contribution in [3.8, 4) is 0 Å². The summed E-state index contributed by atoms with van der Waals surface area (Å²) in [6.07, 6.45) is 6.13. The number of nitrogens with one attached hydrogen (secondary N) is 1. The topological polar surface area (TPSA) is 37.8 Å². The fourth-order valence-electron chi connectivity index (χ4n) is 2.04. The largest absolute Gasteiger partial charge is 0.310 e. The van der Waals surface area contributed by atoms with Crippen LogP contribution in [0.25, 0.3) is 0 Å². The van der Waals surface area contributed by atoms with Gasteiger partial charge in [0.2, 0.25) is 0 Å². The summed E-state index contributed by atoms with van der Waals surface area (Å²) in [5.74, 6) is 1.85. The third-order valence-corrected chi connectivity index (χ3v) is 3.30. The van der Waals surface area contributed by atoms with E-state index in [-0.39, 0.29) is 0 Å². The number of hydrogen-bond donors (Lipinski definition) is 1. The van der Waals surface area contributed by atoms with Crippen molar-refractivity contribution in [2.45, 2.75) is 46.1 Å². The standard InChI is InChI=1S/C13H21N3/c1-9(14-7-6-12-4-5-12)13-8-15-11(3)16-10(13)2/h8-9,12,14H,4-7H2,1-3H3. The highest BCUT2D eigenvalue weighted by Gasteiger charge is 2.20. The maximum Gasteiger partial charge on any atom is 0.125 e. The van der Waals surface area contributed by atoms with Gasteiger partial charge in [0.1, 0.15) is 5.82 Å². The van der Waals surface area contributed by atoms with Crippen molar-refractivity contribution >= 4 is 0 Å². The molecular formula is C13H21N3. The van der Waals surface area contributed by atoms with Gasteiger partial charge in [0.25, 0.3) is 0 Å². The van der Waals surface area contributed by atoms with E-state index in [4.69, 9.17) is 0 Å². The van der Waals surface area contributed by atoms with E-state index in [1.807, 2.05) is 13.1 Å². The molecule has 1 aromatic rings. The lowest BCUT2D eigenvalue weighted by atomic mass is 10.1. The van der Waals surface area contributed by atoms with E-state index in [9.17, 15) is 0 Å². The van der Waals surface area contributed by atoms with Crippen molar-refractivity contribution in [2.75, 3.05) is 6.54 Å². The first kappa shape index (κ1) is 11.5. The minimum Gasteiger partial charge on any atom is -0.310 e. The van der Waals surface area contributed by atoms with Crippen molar-refractivity contribution in [1.29, 1.82) is 0 Å². The Morgan fingerprint density at radius 1 is 1.44 bits per heavy atom. The molecule has 1 heterocycles. The molecule has 1 N–H and O–H groups in total. The van der Waals surface area contributed by atoms with Crippen LogP contribution in [0, 0.1) is 19.8 Å². The zero-order chi connectivity index (χ0) is 11.5. The Labute approximate surface area is 97.7 Å². The van der Waals surface area contributed by atoms with Crippen molar-refractivity contribution < 1.29 is 0 Å². The quantitative estimate of drug-likeness (QED) is 0.827. The van der Waals surface area contributed by atoms with Crippen LogP contribution in [0.2, 0.25) is 0 Å². The fraction of sp³-hybridized carbons (Fsp3) is 0.692. The van der Waals surface area contributed by atoms with Gasteiger partial charge in [0, 0.05) is 23.5 Å². The van der Waals surface area contributed by atoms with Crippen molar-refractivity contribution in [1.82, 2.24) is 15.3 Å².